The molecule has 6 heteroatoms. The Hall–Kier alpha value is -3.01. The van der Waals surface area contributed by atoms with Crippen molar-refractivity contribution in [2.24, 2.45) is 0 Å². The Labute approximate surface area is 123 Å². The Balaban J connectivity index is 2.13. The summed E-state index contributed by atoms with van der Waals surface area (Å²) in [6.07, 6.45) is 0. The molecule has 1 N–H and O–H groups in total. The Bertz CT molecular complexity index is 635. The van der Waals surface area contributed by atoms with Gasteiger partial charge in [-0.1, -0.05) is 0 Å². The number of nitrogens with zero attached hydrogens (tertiary/aromatic N) is 4. The van der Waals surface area contributed by atoms with Crippen LogP contribution in [0.4, 0.5) is 11.4 Å². The lowest BCUT2D eigenvalue weighted by Gasteiger charge is -2.28. The third-order valence-corrected chi connectivity index (χ3v) is 3.10. The maximum absolute atomic E-state index is 8.98. The number of nitriles is 3. The molecule has 0 unspecified atom stereocenters. The number of allylic oxidation sites excluding steroid dienone is 2. The van der Waals surface area contributed by atoms with Gasteiger partial charge in [0.1, 0.15) is 23.9 Å². The summed E-state index contributed by atoms with van der Waals surface area (Å²) in [6, 6.07) is 12.7. The van der Waals surface area contributed by atoms with E-state index < -0.39 is 0 Å². The largest absolute Gasteiger partial charge is 0.378 e. The van der Waals surface area contributed by atoms with E-state index in [2.05, 4.69) is 10.2 Å². The highest BCUT2D eigenvalue weighted by Crippen LogP contribution is 2.20. The Morgan fingerprint density at radius 1 is 1.00 bits per heavy atom. The van der Waals surface area contributed by atoms with Gasteiger partial charge >= 0.3 is 0 Å². The number of hydrogen-bond acceptors (Lipinski definition) is 6. The second-order valence-electron chi connectivity index (χ2n) is 4.36. The maximum Gasteiger partial charge on any atom is 0.163 e. The second kappa shape index (κ2) is 6.96. The maximum atomic E-state index is 8.98. The summed E-state index contributed by atoms with van der Waals surface area (Å²) >= 11 is 0. The normalized spacial score (nSPS) is 13.5. The fraction of sp³-hybridized carbons (Fsp3) is 0.267. The van der Waals surface area contributed by atoms with E-state index in [-0.39, 0.29) is 11.3 Å². The van der Waals surface area contributed by atoms with E-state index in [1.807, 2.05) is 30.3 Å². The van der Waals surface area contributed by atoms with Crippen LogP contribution in [0.3, 0.4) is 0 Å². The fourth-order valence-corrected chi connectivity index (χ4v) is 2.00. The summed E-state index contributed by atoms with van der Waals surface area (Å²) in [5.74, 6) is 0. The van der Waals surface area contributed by atoms with Crippen molar-refractivity contribution in [1.82, 2.24) is 0 Å². The zero-order valence-electron chi connectivity index (χ0n) is 11.3. The van der Waals surface area contributed by atoms with Gasteiger partial charge in [0.2, 0.25) is 0 Å². The van der Waals surface area contributed by atoms with Crippen molar-refractivity contribution in [3.8, 4) is 18.2 Å². The van der Waals surface area contributed by atoms with E-state index >= 15 is 0 Å². The van der Waals surface area contributed by atoms with Crippen LogP contribution in [0.1, 0.15) is 0 Å². The molecule has 1 heterocycles. The van der Waals surface area contributed by atoms with Crippen molar-refractivity contribution in [1.29, 1.82) is 15.8 Å². The SMILES string of the molecule is N#CC(C#N)=C(C#N)Nc1ccc(N2CCOCC2)cc1. The molecule has 1 aromatic rings. The molecule has 21 heavy (non-hydrogen) atoms. The molecular formula is C15H13N5O. The Morgan fingerprint density at radius 2 is 1.62 bits per heavy atom. The molecule has 0 spiro atoms. The molecule has 0 atom stereocenters. The molecule has 104 valence electrons. The van der Waals surface area contributed by atoms with E-state index in [1.165, 1.54) is 0 Å². The molecule has 0 aromatic heterocycles. The average Bonchev–Trinajstić information content (AvgIpc) is 2.56. The number of ether oxygens (including phenoxy) is 1. The molecular weight excluding hydrogens is 266 g/mol. The molecule has 0 bridgehead atoms. The number of benzene rings is 1. The van der Waals surface area contributed by atoms with Crippen molar-refractivity contribution < 1.29 is 4.74 Å². The van der Waals surface area contributed by atoms with E-state index in [0.29, 0.717) is 5.69 Å². The lowest BCUT2D eigenvalue weighted by Crippen LogP contribution is -2.36. The van der Waals surface area contributed by atoms with Gasteiger partial charge in [-0.15, -0.1) is 0 Å². The smallest absolute Gasteiger partial charge is 0.163 e. The van der Waals surface area contributed by atoms with Gasteiger partial charge in [0.15, 0.2) is 5.57 Å². The number of anilines is 2. The average molecular weight is 279 g/mol. The summed E-state index contributed by atoms with van der Waals surface area (Å²) in [5.41, 5.74) is 1.47. The van der Waals surface area contributed by atoms with Gasteiger partial charge in [0.05, 0.1) is 13.2 Å². The van der Waals surface area contributed by atoms with Crippen LogP contribution in [0.5, 0.6) is 0 Å². The number of nitrogens with one attached hydrogen (secondary N) is 1. The van der Waals surface area contributed by atoms with E-state index in [4.69, 9.17) is 20.5 Å². The summed E-state index contributed by atoms with van der Waals surface area (Å²) in [7, 11) is 0. The van der Waals surface area contributed by atoms with Crippen molar-refractivity contribution in [3.63, 3.8) is 0 Å². The summed E-state index contributed by atoms with van der Waals surface area (Å²) in [5, 5.41) is 29.3. The summed E-state index contributed by atoms with van der Waals surface area (Å²) < 4.78 is 5.31. The van der Waals surface area contributed by atoms with Crippen molar-refractivity contribution in [2.75, 3.05) is 36.5 Å². The van der Waals surface area contributed by atoms with Gasteiger partial charge in [-0.2, -0.15) is 15.8 Å². The van der Waals surface area contributed by atoms with E-state index in [1.54, 1.807) is 12.1 Å². The van der Waals surface area contributed by atoms with E-state index in [9.17, 15) is 0 Å². The lowest BCUT2D eigenvalue weighted by molar-refractivity contribution is 0.122. The fourth-order valence-electron chi connectivity index (χ4n) is 2.00. The third kappa shape index (κ3) is 3.51. The predicted octanol–water partition coefficient (Wildman–Crippen LogP) is 1.76. The topological polar surface area (TPSA) is 95.9 Å². The zero-order chi connectivity index (χ0) is 15.1. The summed E-state index contributed by atoms with van der Waals surface area (Å²) in [6.45, 7) is 3.14. The van der Waals surface area contributed by atoms with Crippen LogP contribution >= 0.6 is 0 Å². The van der Waals surface area contributed by atoms with Crippen LogP contribution in [0.25, 0.3) is 0 Å². The van der Waals surface area contributed by atoms with Crippen molar-refractivity contribution >= 4 is 11.4 Å². The predicted molar refractivity (Wildman–Crippen MR) is 77.0 cm³/mol. The van der Waals surface area contributed by atoms with Crippen LogP contribution < -0.4 is 10.2 Å². The second-order valence-corrected chi connectivity index (χ2v) is 4.36. The molecule has 1 saturated heterocycles. The van der Waals surface area contributed by atoms with Gasteiger partial charge < -0.3 is 15.0 Å². The van der Waals surface area contributed by atoms with Gasteiger partial charge in [-0.05, 0) is 24.3 Å². The zero-order valence-corrected chi connectivity index (χ0v) is 11.3. The molecule has 1 aromatic carbocycles. The minimum Gasteiger partial charge on any atom is -0.378 e. The summed E-state index contributed by atoms with van der Waals surface area (Å²) in [4.78, 5) is 2.21. The Morgan fingerprint density at radius 3 is 2.14 bits per heavy atom. The van der Waals surface area contributed by atoms with Crippen molar-refractivity contribution in [3.05, 3.63) is 35.5 Å². The highest BCUT2D eigenvalue weighted by molar-refractivity contribution is 5.61. The van der Waals surface area contributed by atoms with Gasteiger partial charge in [0.25, 0.3) is 0 Å². The molecule has 6 nitrogen and oxygen atoms in total. The van der Waals surface area contributed by atoms with Gasteiger partial charge in [0, 0.05) is 24.5 Å². The monoisotopic (exact) mass is 279 g/mol. The Kier molecular flexibility index (Phi) is 4.77. The number of rotatable bonds is 3. The standard InChI is InChI=1S/C15H13N5O/c16-9-12(10-17)15(11-18)19-13-1-3-14(4-2-13)20-5-7-21-8-6-20/h1-4,19H,5-8H2. The molecule has 1 aliphatic heterocycles. The molecule has 1 fully saturated rings. The van der Waals surface area contributed by atoms with E-state index in [0.717, 1.165) is 32.0 Å². The molecule has 0 amide bonds. The highest BCUT2D eigenvalue weighted by Gasteiger charge is 2.11. The van der Waals surface area contributed by atoms with Crippen LogP contribution in [0.2, 0.25) is 0 Å². The number of hydrogen-bond donors (Lipinski definition) is 1. The molecule has 1 aliphatic rings. The van der Waals surface area contributed by atoms with Crippen LogP contribution in [-0.2, 0) is 4.74 Å². The molecule has 0 saturated carbocycles. The number of morpholine rings is 1. The quantitative estimate of drug-likeness (QED) is 0.847. The lowest BCUT2D eigenvalue weighted by atomic mass is 10.2. The van der Waals surface area contributed by atoms with Gasteiger partial charge in [-0.25, -0.2) is 0 Å². The minimum atomic E-state index is -0.227. The first kappa shape index (κ1) is 14.4. The molecule has 0 aliphatic carbocycles. The first-order valence-corrected chi connectivity index (χ1v) is 6.43. The highest BCUT2D eigenvalue weighted by atomic mass is 16.5. The van der Waals surface area contributed by atoms with Gasteiger partial charge in [-0.3, -0.25) is 0 Å². The van der Waals surface area contributed by atoms with Crippen LogP contribution in [-0.4, -0.2) is 26.3 Å². The molecule has 2 rings (SSSR count). The third-order valence-electron chi connectivity index (χ3n) is 3.10. The molecule has 0 radical (unpaired) electrons. The van der Waals surface area contributed by atoms with Crippen LogP contribution in [0, 0.1) is 34.0 Å². The first-order chi connectivity index (χ1) is 10.3. The van der Waals surface area contributed by atoms with Crippen molar-refractivity contribution in [2.45, 2.75) is 0 Å². The first-order valence-electron chi connectivity index (χ1n) is 6.43. The van der Waals surface area contributed by atoms with Crippen LogP contribution in [0.15, 0.2) is 35.5 Å². The minimum absolute atomic E-state index is 0.0425.